The van der Waals surface area contributed by atoms with Gasteiger partial charge in [0.25, 0.3) is 0 Å². The van der Waals surface area contributed by atoms with Gasteiger partial charge in [0, 0.05) is 18.3 Å². The summed E-state index contributed by atoms with van der Waals surface area (Å²) in [5.74, 6) is -0.244. The third-order valence-electron chi connectivity index (χ3n) is 2.27. The van der Waals surface area contributed by atoms with Gasteiger partial charge in [0.2, 0.25) is 5.91 Å². The summed E-state index contributed by atoms with van der Waals surface area (Å²) in [4.78, 5) is 15.0. The highest BCUT2D eigenvalue weighted by molar-refractivity contribution is 5.76. The van der Waals surface area contributed by atoms with Crippen LogP contribution in [0.1, 0.15) is 25.3 Å². The Morgan fingerprint density at radius 1 is 1.50 bits per heavy atom. The summed E-state index contributed by atoms with van der Waals surface area (Å²) in [6, 6.07) is 3.84. The van der Waals surface area contributed by atoms with E-state index in [1.165, 1.54) is 0 Å². The number of pyridine rings is 1. The molecule has 0 spiro atoms. The minimum Gasteiger partial charge on any atom is -0.369 e. The summed E-state index contributed by atoms with van der Waals surface area (Å²) in [5.41, 5.74) is 6.44. The summed E-state index contributed by atoms with van der Waals surface area (Å²) in [5, 5.41) is 0. The molecule has 1 amide bonds. The molecule has 1 unspecified atom stereocenters. The van der Waals surface area contributed by atoms with Gasteiger partial charge in [-0.2, -0.15) is 0 Å². The average molecular weight is 192 g/mol. The summed E-state index contributed by atoms with van der Waals surface area (Å²) < 4.78 is 0. The molecule has 0 saturated carbocycles. The van der Waals surface area contributed by atoms with Crippen molar-refractivity contribution in [1.82, 2.24) is 4.98 Å². The predicted molar refractivity (Wildman–Crippen MR) is 55.5 cm³/mol. The number of carbonyl (C=O) groups is 1. The first-order valence-corrected chi connectivity index (χ1v) is 4.92. The molecule has 3 heteroatoms. The monoisotopic (exact) mass is 192 g/mol. The number of rotatable bonds is 5. The van der Waals surface area contributed by atoms with Gasteiger partial charge in [-0.05, 0) is 30.5 Å². The number of aromatic nitrogens is 1. The first-order chi connectivity index (χ1) is 6.74. The van der Waals surface area contributed by atoms with E-state index in [9.17, 15) is 4.79 Å². The van der Waals surface area contributed by atoms with Crippen LogP contribution in [0.15, 0.2) is 24.5 Å². The molecule has 0 aliphatic heterocycles. The Balaban J connectivity index is 2.60. The third kappa shape index (κ3) is 3.17. The number of hydrogen-bond donors (Lipinski definition) is 1. The molecule has 76 valence electrons. The molecule has 1 aromatic rings. The lowest BCUT2D eigenvalue weighted by Gasteiger charge is -2.11. The molecule has 0 aromatic carbocycles. The van der Waals surface area contributed by atoms with Crippen LogP contribution in [-0.2, 0) is 11.2 Å². The van der Waals surface area contributed by atoms with Crippen LogP contribution in [0.25, 0.3) is 0 Å². The van der Waals surface area contributed by atoms with Gasteiger partial charge in [0.05, 0.1) is 0 Å². The Kier molecular flexibility index (Phi) is 4.11. The topological polar surface area (TPSA) is 56.0 Å². The highest BCUT2D eigenvalue weighted by atomic mass is 16.1. The van der Waals surface area contributed by atoms with Crippen molar-refractivity contribution < 1.29 is 4.79 Å². The van der Waals surface area contributed by atoms with Gasteiger partial charge in [-0.15, -0.1) is 0 Å². The van der Waals surface area contributed by atoms with Crippen LogP contribution in [-0.4, -0.2) is 10.9 Å². The molecule has 1 aromatic heterocycles. The molecule has 1 atom stereocenters. The fourth-order valence-corrected chi connectivity index (χ4v) is 1.50. The maximum Gasteiger partial charge on any atom is 0.220 e. The average Bonchev–Trinajstić information content (AvgIpc) is 2.18. The van der Waals surface area contributed by atoms with Gasteiger partial charge in [0.1, 0.15) is 0 Å². The second-order valence-corrected chi connectivity index (χ2v) is 3.45. The van der Waals surface area contributed by atoms with Crippen molar-refractivity contribution in [2.75, 3.05) is 0 Å². The van der Waals surface area contributed by atoms with Crippen molar-refractivity contribution in [3.05, 3.63) is 30.1 Å². The van der Waals surface area contributed by atoms with E-state index in [0.717, 1.165) is 24.8 Å². The predicted octanol–water partition coefficient (Wildman–Crippen LogP) is 1.53. The lowest BCUT2D eigenvalue weighted by molar-refractivity contribution is -0.122. The second kappa shape index (κ2) is 5.37. The van der Waals surface area contributed by atoms with E-state index in [2.05, 4.69) is 11.9 Å². The second-order valence-electron chi connectivity index (χ2n) is 3.45. The molecular weight excluding hydrogens is 176 g/mol. The molecule has 0 fully saturated rings. The van der Waals surface area contributed by atoms with E-state index in [-0.39, 0.29) is 11.8 Å². The standard InChI is InChI=1S/C11H16N2O/c1-2-3-10(11(12)14)8-9-4-6-13-7-5-9/h4-7,10H,2-3,8H2,1H3,(H2,12,14). The smallest absolute Gasteiger partial charge is 0.220 e. The minimum absolute atomic E-state index is 0.0394. The molecule has 0 bridgehead atoms. The zero-order valence-electron chi connectivity index (χ0n) is 8.44. The first kappa shape index (κ1) is 10.7. The van der Waals surface area contributed by atoms with E-state index in [1.54, 1.807) is 12.4 Å². The SMILES string of the molecule is CCCC(Cc1ccncc1)C(N)=O. The van der Waals surface area contributed by atoms with Crippen LogP contribution >= 0.6 is 0 Å². The number of primary amides is 1. The van der Waals surface area contributed by atoms with Crippen molar-refractivity contribution in [3.63, 3.8) is 0 Å². The Morgan fingerprint density at radius 2 is 2.14 bits per heavy atom. The molecule has 0 saturated heterocycles. The van der Waals surface area contributed by atoms with Gasteiger partial charge in [-0.3, -0.25) is 9.78 Å². The van der Waals surface area contributed by atoms with E-state index in [0.29, 0.717) is 0 Å². The Morgan fingerprint density at radius 3 is 2.64 bits per heavy atom. The van der Waals surface area contributed by atoms with Crippen LogP contribution in [0.5, 0.6) is 0 Å². The fraction of sp³-hybridized carbons (Fsp3) is 0.455. The summed E-state index contributed by atoms with van der Waals surface area (Å²) in [7, 11) is 0. The Labute approximate surface area is 84.3 Å². The van der Waals surface area contributed by atoms with Crippen molar-refractivity contribution >= 4 is 5.91 Å². The molecule has 1 heterocycles. The van der Waals surface area contributed by atoms with Crippen molar-refractivity contribution in [2.45, 2.75) is 26.2 Å². The van der Waals surface area contributed by atoms with Crippen molar-refractivity contribution in [3.8, 4) is 0 Å². The van der Waals surface area contributed by atoms with E-state index in [1.807, 2.05) is 12.1 Å². The lowest BCUT2D eigenvalue weighted by atomic mass is 9.95. The van der Waals surface area contributed by atoms with Crippen LogP contribution < -0.4 is 5.73 Å². The van der Waals surface area contributed by atoms with Crippen LogP contribution in [0, 0.1) is 5.92 Å². The number of carbonyl (C=O) groups excluding carboxylic acids is 1. The Bertz CT molecular complexity index is 285. The largest absolute Gasteiger partial charge is 0.369 e. The van der Waals surface area contributed by atoms with Crippen LogP contribution in [0.3, 0.4) is 0 Å². The molecule has 0 radical (unpaired) electrons. The van der Waals surface area contributed by atoms with Gasteiger partial charge in [-0.25, -0.2) is 0 Å². The van der Waals surface area contributed by atoms with Gasteiger partial charge in [0.15, 0.2) is 0 Å². The van der Waals surface area contributed by atoms with Crippen LogP contribution in [0.2, 0.25) is 0 Å². The maximum atomic E-state index is 11.1. The number of nitrogens with zero attached hydrogens (tertiary/aromatic N) is 1. The summed E-state index contributed by atoms with van der Waals surface area (Å²) in [6.07, 6.45) is 6.04. The zero-order chi connectivity index (χ0) is 10.4. The van der Waals surface area contributed by atoms with Crippen LogP contribution in [0.4, 0.5) is 0 Å². The molecule has 0 aliphatic carbocycles. The van der Waals surface area contributed by atoms with Gasteiger partial charge >= 0.3 is 0 Å². The minimum atomic E-state index is -0.205. The number of nitrogens with two attached hydrogens (primary N) is 1. The quantitative estimate of drug-likeness (QED) is 0.769. The molecule has 3 nitrogen and oxygen atoms in total. The summed E-state index contributed by atoms with van der Waals surface area (Å²) in [6.45, 7) is 2.06. The molecule has 14 heavy (non-hydrogen) atoms. The Hall–Kier alpha value is -1.38. The molecular formula is C11H16N2O. The number of hydrogen-bond acceptors (Lipinski definition) is 2. The first-order valence-electron chi connectivity index (χ1n) is 4.92. The summed E-state index contributed by atoms with van der Waals surface area (Å²) >= 11 is 0. The van der Waals surface area contributed by atoms with Crippen molar-refractivity contribution in [1.29, 1.82) is 0 Å². The van der Waals surface area contributed by atoms with E-state index in [4.69, 9.17) is 5.73 Å². The fourth-order valence-electron chi connectivity index (χ4n) is 1.50. The third-order valence-corrected chi connectivity index (χ3v) is 2.27. The van der Waals surface area contributed by atoms with Gasteiger partial charge < -0.3 is 5.73 Å². The maximum absolute atomic E-state index is 11.1. The zero-order valence-corrected chi connectivity index (χ0v) is 8.44. The highest BCUT2D eigenvalue weighted by Crippen LogP contribution is 2.12. The highest BCUT2D eigenvalue weighted by Gasteiger charge is 2.14. The van der Waals surface area contributed by atoms with E-state index >= 15 is 0 Å². The molecule has 0 aliphatic rings. The molecule has 2 N–H and O–H groups in total. The van der Waals surface area contributed by atoms with E-state index < -0.39 is 0 Å². The van der Waals surface area contributed by atoms with Crippen molar-refractivity contribution in [2.24, 2.45) is 11.7 Å². The number of amides is 1. The van der Waals surface area contributed by atoms with Gasteiger partial charge in [-0.1, -0.05) is 13.3 Å². The molecule has 1 rings (SSSR count). The normalized spacial score (nSPS) is 12.4. The lowest BCUT2D eigenvalue weighted by Crippen LogP contribution is -2.24.